The fourth-order valence-corrected chi connectivity index (χ4v) is 7.97. The maximum atomic E-state index is 5.09. The molecule has 0 aromatic heterocycles. The number of aliphatic imine (C=N–C) groups is 2. The van der Waals surface area contributed by atoms with Gasteiger partial charge in [-0.25, -0.2) is 9.98 Å². The van der Waals surface area contributed by atoms with E-state index < -0.39 is 0 Å². The molecule has 2 aliphatic heterocycles. The SMILES string of the molecule is C1=C(c2ccc(-c3ccc4ccccc4c3-c3ccc(C4=NC(c5ccccc5)=NC(c5ccccc5)=CN4)cc3)cc2)C=C(c2ccccc2)NC1c1ccccc1. The third-order valence-electron chi connectivity index (χ3n) is 11.0. The van der Waals surface area contributed by atoms with Gasteiger partial charge in [-0.3, -0.25) is 0 Å². The molecular formula is C55H40N4. The quantitative estimate of drug-likeness (QED) is 0.162. The molecule has 280 valence electrons. The maximum absolute atomic E-state index is 5.09. The lowest BCUT2D eigenvalue weighted by atomic mass is 9.88. The van der Waals surface area contributed by atoms with Gasteiger partial charge in [-0.05, 0) is 67.4 Å². The van der Waals surface area contributed by atoms with Crippen LogP contribution in [0.5, 0.6) is 0 Å². The standard InChI is InChI=1S/C55H40N4/c1-5-16-41(17-6-1)50-35-47(36-51(57-50)42-18-7-2-8-19-42)38-25-27-40(28-26-38)49-34-33-39-15-13-14-24-48(39)53(49)44-29-31-46(32-30-44)54-56-37-52(43-20-9-3-10-21-43)58-55(59-54)45-22-11-4-12-23-45/h1-37,50,57H,(H,56,58,59). The van der Waals surface area contributed by atoms with Crippen molar-refractivity contribution in [1.29, 1.82) is 0 Å². The number of nitrogens with zero attached hydrogens (tertiary/aromatic N) is 2. The van der Waals surface area contributed by atoms with Gasteiger partial charge < -0.3 is 10.6 Å². The van der Waals surface area contributed by atoms with Crippen LogP contribution < -0.4 is 10.6 Å². The van der Waals surface area contributed by atoms with Gasteiger partial charge in [-0.2, -0.15) is 0 Å². The Balaban J connectivity index is 1.01. The number of allylic oxidation sites excluding steroid dienone is 2. The first-order valence-corrected chi connectivity index (χ1v) is 20.0. The molecule has 8 aromatic carbocycles. The van der Waals surface area contributed by atoms with Gasteiger partial charge in [-0.1, -0.05) is 206 Å². The monoisotopic (exact) mass is 756 g/mol. The number of dihydropyridines is 1. The summed E-state index contributed by atoms with van der Waals surface area (Å²) in [5.74, 6) is 1.40. The molecule has 8 aromatic rings. The Bertz CT molecular complexity index is 2930. The second kappa shape index (κ2) is 16.0. The zero-order valence-electron chi connectivity index (χ0n) is 32.3. The first-order valence-electron chi connectivity index (χ1n) is 20.0. The molecule has 2 aliphatic rings. The van der Waals surface area contributed by atoms with Crippen LogP contribution in [0, 0.1) is 0 Å². The number of benzene rings is 8. The second-order valence-electron chi connectivity index (χ2n) is 14.7. The van der Waals surface area contributed by atoms with Crippen LogP contribution in [0.3, 0.4) is 0 Å². The third-order valence-corrected chi connectivity index (χ3v) is 11.0. The number of nitrogens with one attached hydrogen (secondary N) is 2. The molecule has 4 heteroatoms. The molecule has 1 unspecified atom stereocenters. The Morgan fingerprint density at radius 3 is 1.71 bits per heavy atom. The summed E-state index contributed by atoms with van der Waals surface area (Å²) >= 11 is 0. The fraction of sp³-hybridized carbons (Fsp3) is 0.0182. The zero-order valence-corrected chi connectivity index (χ0v) is 32.3. The van der Waals surface area contributed by atoms with Crippen molar-refractivity contribution in [3.63, 3.8) is 0 Å². The van der Waals surface area contributed by atoms with Crippen molar-refractivity contribution >= 4 is 39.4 Å². The molecule has 0 spiro atoms. The second-order valence-corrected chi connectivity index (χ2v) is 14.7. The van der Waals surface area contributed by atoms with E-state index in [-0.39, 0.29) is 6.04 Å². The lowest BCUT2D eigenvalue weighted by Crippen LogP contribution is -2.21. The summed E-state index contributed by atoms with van der Waals surface area (Å²) in [6.45, 7) is 0. The highest BCUT2D eigenvalue weighted by molar-refractivity contribution is 6.14. The number of hydrogen-bond donors (Lipinski definition) is 2. The van der Waals surface area contributed by atoms with E-state index in [1.165, 1.54) is 44.2 Å². The molecule has 0 aliphatic carbocycles. The molecule has 0 saturated carbocycles. The van der Waals surface area contributed by atoms with Crippen molar-refractivity contribution in [2.45, 2.75) is 6.04 Å². The molecular weight excluding hydrogens is 717 g/mol. The van der Waals surface area contributed by atoms with Crippen LogP contribution in [-0.4, -0.2) is 11.7 Å². The Labute approximate surface area is 345 Å². The van der Waals surface area contributed by atoms with E-state index in [0.717, 1.165) is 45.0 Å². The first kappa shape index (κ1) is 35.6. The fourth-order valence-electron chi connectivity index (χ4n) is 7.97. The molecule has 0 fully saturated rings. The van der Waals surface area contributed by atoms with Crippen molar-refractivity contribution in [2.75, 3.05) is 0 Å². The highest BCUT2D eigenvalue weighted by Crippen LogP contribution is 2.40. The van der Waals surface area contributed by atoms with E-state index >= 15 is 0 Å². The molecule has 0 saturated heterocycles. The van der Waals surface area contributed by atoms with Crippen molar-refractivity contribution in [3.8, 4) is 22.3 Å². The lowest BCUT2D eigenvalue weighted by molar-refractivity contribution is 0.767. The van der Waals surface area contributed by atoms with Gasteiger partial charge in [-0.15, -0.1) is 0 Å². The normalized spacial score (nSPS) is 15.1. The Morgan fingerprint density at radius 2 is 1.00 bits per heavy atom. The highest BCUT2D eigenvalue weighted by Gasteiger charge is 2.20. The van der Waals surface area contributed by atoms with E-state index in [1.54, 1.807) is 0 Å². The molecule has 2 heterocycles. The van der Waals surface area contributed by atoms with Crippen molar-refractivity contribution < 1.29 is 0 Å². The van der Waals surface area contributed by atoms with Crippen LogP contribution in [0.15, 0.2) is 235 Å². The Morgan fingerprint density at radius 1 is 0.424 bits per heavy atom. The summed E-state index contributed by atoms with van der Waals surface area (Å²) in [6, 6.07) is 72.6. The van der Waals surface area contributed by atoms with Gasteiger partial charge in [0.15, 0.2) is 5.84 Å². The summed E-state index contributed by atoms with van der Waals surface area (Å²) < 4.78 is 0. The largest absolute Gasteiger partial charge is 0.374 e. The van der Waals surface area contributed by atoms with Crippen LogP contribution in [0.25, 0.3) is 50.0 Å². The van der Waals surface area contributed by atoms with Gasteiger partial charge in [0.25, 0.3) is 0 Å². The van der Waals surface area contributed by atoms with Crippen LogP contribution in [0.1, 0.15) is 39.4 Å². The average molecular weight is 757 g/mol. The van der Waals surface area contributed by atoms with E-state index in [0.29, 0.717) is 5.84 Å². The lowest BCUT2D eigenvalue weighted by Gasteiger charge is -2.26. The van der Waals surface area contributed by atoms with Crippen LogP contribution in [0.4, 0.5) is 0 Å². The van der Waals surface area contributed by atoms with Crippen molar-refractivity contribution in [1.82, 2.24) is 10.6 Å². The van der Waals surface area contributed by atoms with Crippen LogP contribution in [0.2, 0.25) is 0 Å². The minimum atomic E-state index is 0.0550. The molecule has 0 amide bonds. The van der Waals surface area contributed by atoms with Gasteiger partial charge in [0.2, 0.25) is 0 Å². The van der Waals surface area contributed by atoms with Crippen molar-refractivity contribution in [3.05, 3.63) is 258 Å². The highest BCUT2D eigenvalue weighted by atomic mass is 15.1. The van der Waals surface area contributed by atoms with Gasteiger partial charge >= 0.3 is 0 Å². The van der Waals surface area contributed by atoms with Crippen molar-refractivity contribution in [2.24, 2.45) is 9.98 Å². The summed E-state index contributed by atoms with van der Waals surface area (Å²) in [7, 11) is 0. The van der Waals surface area contributed by atoms with E-state index in [9.17, 15) is 0 Å². The Kier molecular flexibility index (Phi) is 9.63. The van der Waals surface area contributed by atoms with E-state index in [2.05, 4.69) is 193 Å². The summed E-state index contributed by atoms with van der Waals surface area (Å²) in [6.07, 6.45) is 6.55. The molecule has 4 nitrogen and oxygen atoms in total. The predicted molar refractivity (Wildman–Crippen MR) is 247 cm³/mol. The van der Waals surface area contributed by atoms with E-state index in [1.807, 2.05) is 42.6 Å². The number of hydrogen-bond acceptors (Lipinski definition) is 4. The Hall–Kier alpha value is -7.82. The smallest absolute Gasteiger partial charge is 0.162 e. The first-order chi connectivity index (χ1) is 29.2. The molecule has 0 radical (unpaired) electrons. The molecule has 2 N–H and O–H groups in total. The van der Waals surface area contributed by atoms with Crippen LogP contribution >= 0.6 is 0 Å². The van der Waals surface area contributed by atoms with Crippen LogP contribution in [-0.2, 0) is 0 Å². The minimum Gasteiger partial charge on any atom is -0.374 e. The average Bonchev–Trinajstić information content (AvgIpc) is 3.56. The molecule has 10 rings (SSSR count). The van der Waals surface area contributed by atoms with Gasteiger partial charge in [0, 0.05) is 28.6 Å². The molecule has 1 atom stereocenters. The zero-order chi connectivity index (χ0) is 39.4. The number of fused-ring (bicyclic) bond motifs is 1. The van der Waals surface area contributed by atoms with E-state index in [4.69, 9.17) is 9.98 Å². The molecule has 0 bridgehead atoms. The third kappa shape index (κ3) is 7.43. The van der Waals surface area contributed by atoms with Gasteiger partial charge in [0.05, 0.1) is 11.7 Å². The summed E-state index contributed by atoms with van der Waals surface area (Å²) in [5, 5.41) is 9.68. The maximum Gasteiger partial charge on any atom is 0.162 e. The topological polar surface area (TPSA) is 48.8 Å². The summed E-state index contributed by atoms with van der Waals surface area (Å²) in [4.78, 5) is 10.1. The number of amidine groups is 2. The minimum absolute atomic E-state index is 0.0550. The summed E-state index contributed by atoms with van der Waals surface area (Å²) in [5.41, 5.74) is 14.3. The predicted octanol–water partition coefficient (Wildman–Crippen LogP) is 12.7. The molecule has 59 heavy (non-hydrogen) atoms. The number of rotatable bonds is 8. The van der Waals surface area contributed by atoms with Gasteiger partial charge in [0.1, 0.15) is 5.84 Å².